The second kappa shape index (κ2) is 13.7. The number of hydrogen-bond donors (Lipinski definition) is 2. The second-order valence-electron chi connectivity index (χ2n) is 9.93. The average Bonchev–Trinajstić information content (AvgIpc) is 3.06. The van der Waals surface area contributed by atoms with Gasteiger partial charge in [0.05, 0.1) is 24.0 Å². The molecular weight excluding hydrogens is 625 g/mol. The Balaban J connectivity index is 1.93. The molecule has 4 aromatic carbocycles. The van der Waals surface area contributed by atoms with Gasteiger partial charge in [-0.15, -0.1) is 0 Å². The maximum absolute atomic E-state index is 14.6. The number of rotatable bonds is 13. The van der Waals surface area contributed by atoms with Crippen molar-refractivity contribution in [1.29, 1.82) is 0 Å². The van der Waals surface area contributed by atoms with Crippen LogP contribution in [0.1, 0.15) is 29.7 Å². The number of carbonyl (C=O) groups excluding carboxylic acids is 1. The molecule has 238 valence electrons. The van der Waals surface area contributed by atoms with Crippen LogP contribution in [0.3, 0.4) is 0 Å². The molecular formula is C32H32FNO9S2. The van der Waals surface area contributed by atoms with Crippen molar-refractivity contribution < 1.29 is 45.4 Å². The molecule has 2 N–H and O–H groups in total. The average molecular weight is 658 g/mol. The van der Waals surface area contributed by atoms with Crippen molar-refractivity contribution in [3.63, 3.8) is 0 Å². The predicted octanol–water partition coefficient (Wildman–Crippen LogP) is 5.07. The molecule has 0 fully saturated rings. The van der Waals surface area contributed by atoms with Gasteiger partial charge in [0.1, 0.15) is 23.4 Å². The van der Waals surface area contributed by atoms with E-state index in [-0.39, 0.29) is 33.5 Å². The fraction of sp³-hybridized carbons (Fsp3) is 0.219. The van der Waals surface area contributed by atoms with Gasteiger partial charge in [0, 0.05) is 6.07 Å². The zero-order valence-corrected chi connectivity index (χ0v) is 26.3. The van der Waals surface area contributed by atoms with Crippen molar-refractivity contribution in [2.75, 3.05) is 14.2 Å². The van der Waals surface area contributed by atoms with Gasteiger partial charge in [-0.1, -0.05) is 49.4 Å². The molecule has 4 aromatic rings. The number of nitrogens with one attached hydrogen (secondary N) is 1. The highest BCUT2D eigenvalue weighted by Gasteiger charge is 2.61. The van der Waals surface area contributed by atoms with Gasteiger partial charge in [-0.3, -0.25) is 10.0 Å². The number of hydroxylamine groups is 1. The van der Waals surface area contributed by atoms with Crippen LogP contribution in [0.25, 0.3) is 0 Å². The second-order valence-corrected chi connectivity index (χ2v) is 14.2. The summed E-state index contributed by atoms with van der Waals surface area (Å²) in [4.78, 5) is 13.0. The minimum atomic E-state index is -4.82. The molecule has 2 atom stereocenters. The number of halogens is 1. The highest BCUT2D eigenvalue weighted by molar-refractivity contribution is 7.97. The molecule has 13 heteroatoms. The molecule has 0 aromatic heterocycles. The molecule has 0 bridgehead atoms. The monoisotopic (exact) mass is 657 g/mol. The predicted molar refractivity (Wildman–Crippen MR) is 163 cm³/mol. The van der Waals surface area contributed by atoms with E-state index in [2.05, 4.69) is 0 Å². The van der Waals surface area contributed by atoms with Crippen molar-refractivity contribution >= 4 is 25.6 Å². The summed E-state index contributed by atoms with van der Waals surface area (Å²) in [5, 5.41) is 7.82. The van der Waals surface area contributed by atoms with Crippen LogP contribution in [0, 0.1) is 5.82 Å². The molecule has 0 spiro atoms. The van der Waals surface area contributed by atoms with Gasteiger partial charge >= 0.3 is 0 Å². The van der Waals surface area contributed by atoms with Crippen molar-refractivity contribution in [3.8, 4) is 17.2 Å². The Labute approximate surface area is 261 Å². The Morgan fingerprint density at radius 3 is 2.02 bits per heavy atom. The van der Waals surface area contributed by atoms with Crippen molar-refractivity contribution in [2.24, 2.45) is 0 Å². The third kappa shape index (κ3) is 6.37. The first-order valence-electron chi connectivity index (χ1n) is 13.6. The summed E-state index contributed by atoms with van der Waals surface area (Å²) in [5.74, 6) is -1.25. The molecule has 0 heterocycles. The molecule has 45 heavy (non-hydrogen) atoms. The molecule has 0 aliphatic rings. The highest BCUT2D eigenvalue weighted by atomic mass is 32.2. The summed E-state index contributed by atoms with van der Waals surface area (Å²) in [6.07, 6.45) is -0.545. The Bertz CT molecular complexity index is 1850. The number of methoxy groups -OCH3 is 2. The summed E-state index contributed by atoms with van der Waals surface area (Å²) < 4.78 is 84.9. The van der Waals surface area contributed by atoms with Gasteiger partial charge < -0.3 is 14.2 Å². The highest BCUT2D eigenvalue weighted by Crippen LogP contribution is 2.48. The molecule has 1 amide bonds. The van der Waals surface area contributed by atoms with Crippen LogP contribution in [-0.2, 0) is 31.1 Å². The number of hydrogen-bond acceptors (Lipinski definition) is 9. The lowest BCUT2D eigenvalue weighted by atomic mass is 9.94. The molecule has 2 unspecified atom stereocenters. The quantitative estimate of drug-likeness (QED) is 0.149. The summed E-state index contributed by atoms with van der Waals surface area (Å²) in [7, 11) is -6.90. The van der Waals surface area contributed by atoms with E-state index in [4.69, 9.17) is 14.2 Å². The number of benzene rings is 4. The third-order valence-corrected chi connectivity index (χ3v) is 12.4. The minimum Gasteiger partial charge on any atom is -0.493 e. The Morgan fingerprint density at radius 1 is 0.844 bits per heavy atom. The van der Waals surface area contributed by atoms with E-state index >= 15 is 0 Å². The van der Waals surface area contributed by atoms with E-state index in [1.807, 2.05) is 0 Å². The summed E-state index contributed by atoms with van der Waals surface area (Å²) in [5.41, 5.74) is 2.03. The molecule has 10 nitrogen and oxygen atoms in total. The number of carbonyl (C=O) groups is 1. The fourth-order valence-electron chi connectivity index (χ4n) is 5.14. The van der Waals surface area contributed by atoms with E-state index in [1.54, 1.807) is 18.2 Å². The van der Waals surface area contributed by atoms with E-state index < -0.39 is 47.8 Å². The van der Waals surface area contributed by atoms with Gasteiger partial charge in [0.15, 0.2) is 35.9 Å². The maximum atomic E-state index is 14.6. The SMILES string of the molecule is CCC(C(=O)NO)(C(c1ccc(OCc2ccc(F)cc2)cc1)S(=O)(=O)c1ccc(OC)c(OC)c1)S(=O)(=O)c1ccccc1. The molecule has 0 aliphatic carbocycles. The smallest absolute Gasteiger partial charge is 0.266 e. The van der Waals surface area contributed by atoms with Crippen LogP contribution >= 0.6 is 0 Å². The van der Waals surface area contributed by atoms with Crippen LogP contribution in [0.15, 0.2) is 107 Å². The molecule has 0 aliphatic heterocycles. The van der Waals surface area contributed by atoms with Crippen LogP contribution in [0.4, 0.5) is 4.39 Å². The van der Waals surface area contributed by atoms with Gasteiger partial charge in [-0.25, -0.2) is 26.7 Å². The van der Waals surface area contributed by atoms with Crippen molar-refractivity contribution in [1.82, 2.24) is 5.48 Å². The summed E-state index contributed by atoms with van der Waals surface area (Å²) >= 11 is 0. The lowest BCUT2D eigenvalue weighted by Gasteiger charge is -2.37. The lowest BCUT2D eigenvalue weighted by molar-refractivity contribution is -0.132. The standard InChI is InChI=1S/C32H32FNO9S2/c1-4-32(31(35)34-36,45(39,40)26-8-6-5-7-9-26)30(44(37,38)27-18-19-28(41-2)29(20-27)42-3)23-12-16-25(17-13-23)43-21-22-10-14-24(33)15-11-22/h5-20,30,36H,4,21H2,1-3H3,(H,34,35). The minimum absolute atomic E-state index is 0.0569. The largest absolute Gasteiger partial charge is 0.493 e. The Kier molecular flexibility index (Phi) is 10.2. The third-order valence-electron chi connectivity index (χ3n) is 7.46. The van der Waals surface area contributed by atoms with Crippen LogP contribution < -0.4 is 19.7 Å². The van der Waals surface area contributed by atoms with Crippen molar-refractivity contribution in [3.05, 3.63) is 114 Å². The number of sulfone groups is 2. The normalized spacial score (nSPS) is 13.7. The zero-order chi connectivity index (χ0) is 32.8. The number of amides is 1. The van der Waals surface area contributed by atoms with E-state index in [1.165, 1.54) is 105 Å². The molecule has 0 radical (unpaired) electrons. The first-order valence-corrected chi connectivity index (χ1v) is 16.7. The van der Waals surface area contributed by atoms with E-state index in [0.717, 1.165) is 0 Å². The maximum Gasteiger partial charge on any atom is 0.266 e. The Hall–Kier alpha value is -4.46. The van der Waals surface area contributed by atoms with Gasteiger partial charge in [-0.05, 0) is 66.1 Å². The first-order chi connectivity index (χ1) is 21.5. The van der Waals surface area contributed by atoms with Crippen LogP contribution in [-0.4, -0.2) is 46.9 Å². The molecule has 4 rings (SSSR count). The first kappa shape index (κ1) is 33.4. The van der Waals surface area contributed by atoms with E-state index in [9.17, 15) is 31.2 Å². The van der Waals surface area contributed by atoms with Gasteiger partial charge in [-0.2, -0.15) is 0 Å². The topological polar surface area (TPSA) is 145 Å². The molecule has 0 saturated heterocycles. The van der Waals surface area contributed by atoms with Crippen LogP contribution in [0.5, 0.6) is 17.2 Å². The van der Waals surface area contributed by atoms with E-state index in [0.29, 0.717) is 11.3 Å². The lowest BCUT2D eigenvalue weighted by Crippen LogP contribution is -2.57. The molecule has 0 saturated carbocycles. The zero-order valence-electron chi connectivity index (χ0n) is 24.6. The van der Waals surface area contributed by atoms with Gasteiger partial charge in [0.25, 0.3) is 5.91 Å². The summed E-state index contributed by atoms with van der Waals surface area (Å²) in [6.45, 7) is 1.42. The van der Waals surface area contributed by atoms with Crippen LogP contribution in [0.2, 0.25) is 0 Å². The Morgan fingerprint density at radius 2 is 1.47 bits per heavy atom. The van der Waals surface area contributed by atoms with Crippen molar-refractivity contribution in [2.45, 2.75) is 39.7 Å². The number of ether oxygens (including phenoxy) is 3. The van der Waals surface area contributed by atoms with Gasteiger partial charge in [0.2, 0.25) is 0 Å². The summed E-state index contributed by atoms with van der Waals surface area (Å²) in [6, 6.07) is 21.9. The fourth-order valence-corrected chi connectivity index (χ4v) is 10.0.